The lowest BCUT2D eigenvalue weighted by atomic mass is 10.00. The number of aromatic nitrogens is 2. The molecule has 0 aliphatic rings. The van der Waals surface area contributed by atoms with E-state index >= 15 is 0 Å². The van der Waals surface area contributed by atoms with E-state index in [9.17, 15) is 13.9 Å². The number of hydrogen-bond donors (Lipinski definition) is 3. The van der Waals surface area contributed by atoms with E-state index in [1.54, 1.807) is 37.1 Å². The Hall–Kier alpha value is -2.48. The summed E-state index contributed by atoms with van der Waals surface area (Å²) in [6.07, 6.45) is 3.36. The molecule has 3 N–H and O–H groups in total. The zero-order chi connectivity index (χ0) is 20.0. The SMILES string of the molecule is CCNC(=NCC(C)(O)c1cnn(C)c1)NCC(C)c1ccc(F)c(F)c1. The fourth-order valence-electron chi connectivity index (χ4n) is 2.55. The predicted molar refractivity (Wildman–Crippen MR) is 102 cm³/mol. The maximum Gasteiger partial charge on any atom is 0.191 e. The Morgan fingerprint density at radius 2 is 2.07 bits per heavy atom. The molecule has 6 nitrogen and oxygen atoms in total. The van der Waals surface area contributed by atoms with Crippen molar-refractivity contribution in [3.05, 3.63) is 53.4 Å². The first-order chi connectivity index (χ1) is 12.7. The number of benzene rings is 1. The van der Waals surface area contributed by atoms with Gasteiger partial charge in [0.2, 0.25) is 0 Å². The van der Waals surface area contributed by atoms with E-state index in [1.807, 2.05) is 13.8 Å². The molecule has 1 aromatic carbocycles. The molecule has 0 aliphatic carbocycles. The second kappa shape index (κ2) is 8.94. The standard InChI is InChI=1S/C19H27F2N5O/c1-5-22-18(24-12-19(3,27)15-10-25-26(4)11-15)23-9-13(2)14-6-7-16(20)17(21)8-14/h6-8,10-11,13,27H,5,9,12H2,1-4H3,(H2,22,23,24). The molecule has 8 heteroatoms. The maximum atomic E-state index is 13.4. The van der Waals surface area contributed by atoms with Crippen molar-refractivity contribution in [3.63, 3.8) is 0 Å². The first kappa shape index (κ1) is 20.8. The number of hydrogen-bond acceptors (Lipinski definition) is 3. The number of guanidine groups is 1. The molecular weight excluding hydrogens is 352 g/mol. The summed E-state index contributed by atoms with van der Waals surface area (Å²) in [5.74, 6) is -1.22. The normalized spacial score (nSPS) is 15.3. The number of rotatable bonds is 7. The Kier molecular flexibility index (Phi) is 6.90. The van der Waals surface area contributed by atoms with Gasteiger partial charge in [0.25, 0.3) is 0 Å². The van der Waals surface area contributed by atoms with Gasteiger partial charge in [0.05, 0.1) is 12.7 Å². The van der Waals surface area contributed by atoms with Gasteiger partial charge in [-0.15, -0.1) is 0 Å². The highest BCUT2D eigenvalue weighted by Crippen LogP contribution is 2.20. The minimum Gasteiger partial charge on any atom is -0.383 e. The molecule has 0 saturated carbocycles. The number of halogens is 2. The van der Waals surface area contributed by atoms with Crippen molar-refractivity contribution in [2.45, 2.75) is 32.3 Å². The van der Waals surface area contributed by atoms with Crippen LogP contribution < -0.4 is 10.6 Å². The highest BCUT2D eigenvalue weighted by Gasteiger charge is 2.24. The second-order valence-corrected chi connectivity index (χ2v) is 6.83. The van der Waals surface area contributed by atoms with Crippen LogP contribution in [0.3, 0.4) is 0 Å². The van der Waals surface area contributed by atoms with Crippen LogP contribution in [-0.2, 0) is 12.6 Å². The van der Waals surface area contributed by atoms with Gasteiger partial charge in [0.1, 0.15) is 5.60 Å². The first-order valence-corrected chi connectivity index (χ1v) is 8.91. The lowest BCUT2D eigenvalue weighted by Gasteiger charge is -2.21. The average molecular weight is 379 g/mol. The number of nitrogens with zero attached hydrogens (tertiary/aromatic N) is 3. The van der Waals surface area contributed by atoms with Gasteiger partial charge in [-0.25, -0.2) is 13.8 Å². The van der Waals surface area contributed by atoms with Gasteiger partial charge in [-0.05, 0) is 37.5 Å². The van der Waals surface area contributed by atoms with E-state index in [2.05, 4.69) is 20.7 Å². The van der Waals surface area contributed by atoms with Gasteiger partial charge in [-0.2, -0.15) is 5.10 Å². The highest BCUT2D eigenvalue weighted by atomic mass is 19.2. The van der Waals surface area contributed by atoms with Crippen LogP contribution in [0.4, 0.5) is 8.78 Å². The molecule has 0 bridgehead atoms. The maximum absolute atomic E-state index is 13.4. The van der Waals surface area contributed by atoms with Crippen molar-refractivity contribution in [3.8, 4) is 0 Å². The molecule has 1 aromatic heterocycles. The molecule has 0 spiro atoms. The van der Waals surface area contributed by atoms with Gasteiger partial charge < -0.3 is 15.7 Å². The van der Waals surface area contributed by atoms with E-state index in [-0.39, 0.29) is 12.5 Å². The van der Waals surface area contributed by atoms with Crippen LogP contribution in [0.25, 0.3) is 0 Å². The molecule has 0 aliphatic heterocycles. The Morgan fingerprint density at radius 1 is 1.33 bits per heavy atom. The molecule has 2 atom stereocenters. The quantitative estimate of drug-likeness (QED) is 0.510. The fourth-order valence-corrected chi connectivity index (χ4v) is 2.55. The van der Waals surface area contributed by atoms with Crippen molar-refractivity contribution >= 4 is 5.96 Å². The van der Waals surface area contributed by atoms with Gasteiger partial charge in [0.15, 0.2) is 17.6 Å². The van der Waals surface area contributed by atoms with Crippen molar-refractivity contribution in [1.29, 1.82) is 0 Å². The van der Waals surface area contributed by atoms with E-state index in [0.29, 0.717) is 30.2 Å². The molecule has 148 valence electrons. The Balaban J connectivity index is 2.01. The van der Waals surface area contributed by atoms with Crippen molar-refractivity contribution in [1.82, 2.24) is 20.4 Å². The largest absolute Gasteiger partial charge is 0.383 e. The van der Waals surface area contributed by atoms with Crippen LogP contribution in [0.1, 0.15) is 37.8 Å². The zero-order valence-electron chi connectivity index (χ0n) is 16.1. The Morgan fingerprint density at radius 3 is 2.67 bits per heavy atom. The van der Waals surface area contributed by atoms with Crippen LogP contribution in [0.2, 0.25) is 0 Å². The number of nitrogens with one attached hydrogen (secondary N) is 2. The van der Waals surface area contributed by atoms with Crippen LogP contribution in [-0.4, -0.2) is 40.5 Å². The number of aliphatic hydroxyl groups is 1. The molecule has 1 heterocycles. The van der Waals surface area contributed by atoms with Gasteiger partial charge in [0, 0.05) is 31.9 Å². The molecule has 27 heavy (non-hydrogen) atoms. The van der Waals surface area contributed by atoms with Crippen LogP contribution in [0, 0.1) is 11.6 Å². The molecular formula is C19H27F2N5O. The zero-order valence-corrected chi connectivity index (χ0v) is 16.1. The second-order valence-electron chi connectivity index (χ2n) is 6.83. The third kappa shape index (κ3) is 5.75. The summed E-state index contributed by atoms with van der Waals surface area (Å²) in [5, 5.41) is 21.0. The molecule has 2 rings (SSSR count). The fraction of sp³-hybridized carbons (Fsp3) is 0.474. The third-order valence-corrected chi connectivity index (χ3v) is 4.30. The van der Waals surface area contributed by atoms with Crippen molar-refractivity contribution in [2.75, 3.05) is 19.6 Å². The smallest absolute Gasteiger partial charge is 0.191 e. The van der Waals surface area contributed by atoms with E-state index in [0.717, 1.165) is 6.07 Å². The van der Waals surface area contributed by atoms with Crippen LogP contribution >= 0.6 is 0 Å². The first-order valence-electron chi connectivity index (χ1n) is 8.91. The average Bonchev–Trinajstić information content (AvgIpc) is 3.07. The minimum atomic E-state index is -1.15. The lowest BCUT2D eigenvalue weighted by molar-refractivity contribution is 0.0672. The van der Waals surface area contributed by atoms with Gasteiger partial charge in [-0.1, -0.05) is 13.0 Å². The highest BCUT2D eigenvalue weighted by molar-refractivity contribution is 5.79. The summed E-state index contributed by atoms with van der Waals surface area (Å²) < 4.78 is 28.1. The molecule has 0 fully saturated rings. The van der Waals surface area contributed by atoms with E-state index in [1.165, 1.54) is 6.07 Å². The summed E-state index contributed by atoms with van der Waals surface area (Å²) in [4.78, 5) is 4.44. The molecule has 2 unspecified atom stereocenters. The molecule has 0 radical (unpaired) electrons. The molecule has 0 amide bonds. The van der Waals surface area contributed by atoms with Crippen LogP contribution in [0.5, 0.6) is 0 Å². The summed E-state index contributed by atoms with van der Waals surface area (Å²) in [7, 11) is 1.79. The summed E-state index contributed by atoms with van der Waals surface area (Å²) in [6.45, 7) is 6.81. The number of aryl methyl sites for hydroxylation is 1. The topological polar surface area (TPSA) is 74.5 Å². The lowest BCUT2D eigenvalue weighted by Crippen LogP contribution is -2.40. The number of aliphatic imine (C=N–C) groups is 1. The van der Waals surface area contributed by atoms with Crippen LogP contribution in [0.15, 0.2) is 35.6 Å². The summed E-state index contributed by atoms with van der Waals surface area (Å²) in [5.41, 5.74) is 0.224. The minimum absolute atomic E-state index is 0.0530. The molecule has 0 saturated heterocycles. The summed E-state index contributed by atoms with van der Waals surface area (Å²) in [6, 6.07) is 3.91. The van der Waals surface area contributed by atoms with Crippen molar-refractivity contribution in [2.24, 2.45) is 12.0 Å². The van der Waals surface area contributed by atoms with Crippen molar-refractivity contribution < 1.29 is 13.9 Å². The van der Waals surface area contributed by atoms with Gasteiger partial charge >= 0.3 is 0 Å². The monoisotopic (exact) mass is 379 g/mol. The summed E-state index contributed by atoms with van der Waals surface area (Å²) >= 11 is 0. The Labute approximate surface area is 158 Å². The van der Waals surface area contributed by atoms with E-state index in [4.69, 9.17) is 0 Å². The Bertz CT molecular complexity index is 788. The predicted octanol–water partition coefficient (Wildman–Crippen LogP) is 2.26. The van der Waals surface area contributed by atoms with Gasteiger partial charge in [-0.3, -0.25) is 4.68 Å². The molecule has 2 aromatic rings. The third-order valence-electron chi connectivity index (χ3n) is 4.30. The van der Waals surface area contributed by atoms with E-state index < -0.39 is 17.2 Å².